The van der Waals surface area contributed by atoms with Crippen LogP contribution in [0.25, 0.3) is 22.8 Å². The number of aromatic hydroxyl groups is 1. The van der Waals surface area contributed by atoms with Gasteiger partial charge in [0.1, 0.15) is 11.6 Å². The van der Waals surface area contributed by atoms with Gasteiger partial charge in [-0.15, -0.1) is 0 Å². The lowest BCUT2D eigenvalue weighted by Crippen LogP contribution is -2.26. The van der Waals surface area contributed by atoms with Crippen LogP contribution in [0.3, 0.4) is 0 Å². The summed E-state index contributed by atoms with van der Waals surface area (Å²) in [5, 5.41) is 13.1. The minimum absolute atomic E-state index is 0.0165. The topological polar surface area (TPSA) is 96.5 Å². The van der Waals surface area contributed by atoms with Crippen LogP contribution < -0.4 is 4.31 Å². The van der Waals surface area contributed by atoms with E-state index in [-0.39, 0.29) is 27.9 Å². The van der Waals surface area contributed by atoms with Crippen molar-refractivity contribution >= 4 is 15.7 Å². The van der Waals surface area contributed by atoms with E-state index in [1.54, 1.807) is 42.5 Å². The second-order valence-corrected chi connectivity index (χ2v) is 8.39. The summed E-state index contributed by atoms with van der Waals surface area (Å²) in [4.78, 5) is 4.20. The Morgan fingerprint density at radius 2 is 1.77 bits per heavy atom. The summed E-state index contributed by atoms with van der Waals surface area (Å²) in [6.45, 7) is 0. The molecule has 4 rings (SSSR count). The first-order valence-corrected chi connectivity index (χ1v) is 10.3. The van der Waals surface area contributed by atoms with Crippen LogP contribution in [0.2, 0.25) is 0 Å². The second kappa shape index (κ2) is 7.60. The fourth-order valence-electron chi connectivity index (χ4n) is 2.86. The van der Waals surface area contributed by atoms with Gasteiger partial charge in [0.25, 0.3) is 15.9 Å². The van der Waals surface area contributed by atoms with E-state index < -0.39 is 15.8 Å². The van der Waals surface area contributed by atoms with Crippen molar-refractivity contribution in [3.8, 4) is 28.6 Å². The van der Waals surface area contributed by atoms with E-state index in [0.717, 1.165) is 6.07 Å². The molecular formula is C21H16FN3O4S. The molecule has 7 nitrogen and oxygen atoms in total. The third-order valence-electron chi connectivity index (χ3n) is 4.48. The maximum Gasteiger partial charge on any atom is 0.264 e. The van der Waals surface area contributed by atoms with Gasteiger partial charge in [-0.05, 0) is 42.5 Å². The molecule has 152 valence electrons. The zero-order chi connectivity index (χ0) is 21.3. The van der Waals surface area contributed by atoms with Crippen LogP contribution in [0.1, 0.15) is 0 Å². The molecule has 1 aromatic heterocycles. The Morgan fingerprint density at radius 3 is 2.50 bits per heavy atom. The molecule has 0 spiro atoms. The number of hydrogen-bond acceptors (Lipinski definition) is 6. The van der Waals surface area contributed by atoms with Crippen molar-refractivity contribution in [1.29, 1.82) is 0 Å². The predicted molar refractivity (Wildman–Crippen MR) is 109 cm³/mol. The van der Waals surface area contributed by atoms with Gasteiger partial charge in [0.2, 0.25) is 5.82 Å². The molecule has 0 aliphatic rings. The molecule has 4 aromatic rings. The number of halogens is 1. The van der Waals surface area contributed by atoms with Crippen molar-refractivity contribution in [3.05, 3.63) is 78.6 Å². The third kappa shape index (κ3) is 3.62. The maximum absolute atomic E-state index is 14.1. The lowest BCUT2D eigenvalue weighted by Gasteiger charge is -2.19. The number of benzene rings is 3. The second-order valence-electron chi connectivity index (χ2n) is 6.42. The average molecular weight is 425 g/mol. The Hall–Kier alpha value is -3.72. The molecule has 0 atom stereocenters. The molecule has 30 heavy (non-hydrogen) atoms. The standard InChI is InChI=1S/C21H16FN3O4S/c1-25(15-7-3-2-4-8-15)30(27,28)17-9-5-6-14(12-17)21-23-20(24-29-21)18-11-10-16(26)13-19(18)22/h2-13,26H,1H3. The Bertz CT molecular complexity index is 1310. The lowest BCUT2D eigenvalue weighted by molar-refractivity contribution is 0.431. The summed E-state index contributed by atoms with van der Waals surface area (Å²) >= 11 is 0. The first-order valence-electron chi connectivity index (χ1n) is 8.83. The molecule has 0 fully saturated rings. The first kappa shape index (κ1) is 19.6. The quantitative estimate of drug-likeness (QED) is 0.518. The van der Waals surface area contributed by atoms with Crippen molar-refractivity contribution < 1.29 is 22.4 Å². The highest BCUT2D eigenvalue weighted by atomic mass is 32.2. The van der Waals surface area contributed by atoms with Gasteiger partial charge in [-0.3, -0.25) is 4.31 Å². The molecule has 0 unspecified atom stereocenters. The van der Waals surface area contributed by atoms with Gasteiger partial charge < -0.3 is 9.63 Å². The summed E-state index contributed by atoms with van der Waals surface area (Å²) in [5.74, 6) is -0.905. The Labute approximate surface area is 172 Å². The summed E-state index contributed by atoms with van der Waals surface area (Å²) in [6, 6.07) is 18.3. The third-order valence-corrected chi connectivity index (χ3v) is 6.26. The van der Waals surface area contributed by atoms with E-state index in [1.165, 1.54) is 35.6 Å². The molecule has 0 radical (unpaired) electrons. The number of phenolic OH excluding ortho intramolecular Hbond substituents is 1. The highest BCUT2D eigenvalue weighted by molar-refractivity contribution is 7.92. The molecule has 3 aromatic carbocycles. The minimum Gasteiger partial charge on any atom is -0.508 e. The molecule has 1 heterocycles. The van der Waals surface area contributed by atoms with Crippen LogP contribution in [0.4, 0.5) is 10.1 Å². The summed E-state index contributed by atoms with van der Waals surface area (Å²) in [5.41, 5.74) is 0.941. The normalized spacial score (nSPS) is 11.4. The molecule has 0 aliphatic heterocycles. The van der Waals surface area contributed by atoms with E-state index in [9.17, 15) is 17.9 Å². The van der Waals surface area contributed by atoms with E-state index >= 15 is 0 Å². The fraction of sp³-hybridized carbons (Fsp3) is 0.0476. The van der Waals surface area contributed by atoms with Gasteiger partial charge in [-0.2, -0.15) is 4.98 Å². The van der Waals surface area contributed by atoms with Gasteiger partial charge in [0.15, 0.2) is 0 Å². The molecule has 0 saturated carbocycles. The van der Waals surface area contributed by atoms with E-state index in [0.29, 0.717) is 11.3 Å². The number of anilines is 1. The zero-order valence-electron chi connectivity index (χ0n) is 15.7. The highest BCUT2D eigenvalue weighted by Gasteiger charge is 2.23. The predicted octanol–water partition coefficient (Wildman–Crippen LogP) is 4.07. The molecular weight excluding hydrogens is 409 g/mol. The Morgan fingerprint density at radius 1 is 1.00 bits per heavy atom. The lowest BCUT2D eigenvalue weighted by atomic mass is 10.2. The van der Waals surface area contributed by atoms with Crippen LogP contribution in [0.5, 0.6) is 5.75 Å². The molecule has 0 amide bonds. The molecule has 1 N–H and O–H groups in total. The first-order chi connectivity index (χ1) is 14.4. The zero-order valence-corrected chi connectivity index (χ0v) is 16.5. The van der Waals surface area contributed by atoms with Crippen molar-refractivity contribution in [2.45, 2.75) is 4.90 Å². The number of hydrogen-bond donors (Lipinski definition) is 1. The van der Waals surface area contributed by atoms with Gasteiger partial charge in [0.05, 0.1) is 16.1 Å². The number of nitrogens with zero attached hydrogens (tertiary/aromatic N) is 3. The van der Waals surface area contributed by atoms with Gasteiger partial charge in [-0.1, -0.05) is 29.4 Å². The fourth-order valence-corrected chi connectivity index (χ4v) is 4.10. The summed E-state index contributed by atoms with van der Waals surface area (Å²) in [6.07, 6.45) is 0. The van der Waals surface area contributed by atoms with E-state index in [2.05, 4.69) is 10.1 Å². The monoisotopic (exact) mass is 425 g/mol. The van der Waals surface area contributed by atoms with Gasteiger partial charge in [0, 0.05) is 18.7 Å². The van der Waals surface area contributed by atoms with Gasteiger partial charge in [-0.25, -0.2) is 12.8 Å². The van der Waals surface area contributed by atoms with E-state index in [1.807, 2.05) is 0 Å². The smallest absolute Gasteiger partial charge is 0.264 e. The number of sulfonamides is 1. The number of phenols is 1. The van der Waals surface area contributed by atoms with Crippen molar-refractivity contribution in [2.24, 2.45) is 0 Å². The Balaban J connectivity index is 1.68. The van der Waals surface area contributed by atoms with Gasteiger partial charge >= 0.3 is 0 Å². The van der Waals surface area contributed by atoms with Crippen LogP contribution in [0.15, 0.2) is 82.2 Å². The average Bonchev–Trinajstić information content (AvgIpc) is 3.24. The number of rotatable bonds is 5. The SMILES string of the molecule is CN(c1ccccc1)S(=O)(=O)c1cccc(-c2nc(-c3ccc(O)cc3F)no2)c1. The number of para-hydroxylation sites is 1. The van der Waals surface area contributed by atoms with E-state index in [4.69, 9.17) is 4.52 Å². The van der Waals surface area contributed by atoms with Crippen molar-refractivity contribution in [3.63, 3.8) is 0 Å². The van der Waals surface area contributed by atoms with Crippen LogP contribution in [-0.4, -0.2) is 30.7 Å². The number of aromatic nitrogens is 2. The highest BCUT2D eigenvalue weighted by Crippen LogP contribution is 2.28. The Kier molecular flexibility index (Phi) is 4.96. The van der Waals surface area contributed by atoms with Crippen LogP contribution in [-0.2, 0) is 10.0 Å². The van der Waals surface area contributed by atoms with Crippen LogP contribution >= 0.6 is 0 Å². The molecule has 0 aliphatic carbocycles. The van der Waals surface area contributed by atoms with Crippen LogP contribution in [0, 0.1) is 5.82 Å². The van der Waals surface area contributed by atoms with Crippen molar-refractivity contribution in [1.82, 2.24) is 10.1 Å². The maximum atomic E-state index is 14.1. The molecule has 0 saturated heterocycles. The largest absolute Gasteiger partial charge is 0.508 e. The summed E-state index contributed by atoms with van der Waals surface area (Å²) in [7, 11) is -2.36. The van der Waals surface area contributed by atoms with Crippen molar-refractivity contribution in [2.75, 3.05) is 11.4 Å². The molecule has 0 bridgehead atoms. The minimum atomic E-state index is -3.82. The summed E-state index contributed by atoms with van der Waals surface area (Å²) < 4.78 is 46.4. The molecule has 9 heteroatoms.